The quantitative estimate of drug-likeness (QED) is 0.906. The predicted octanol–water partition coefficient (Wildman–Crippen LogP) is 2.93. The van der Waals surface area contributed by atoms with E-state index < -0.39 is 0 Å². The largest absolute Gasteiger partial charge is 0.323 e. The first-order chi connectivity index (χ1) is 9.12. The maximum atomic E-state index is 8.85. The van der Waals surface area contributed by atoms with Crippen molar-refractivity contribution in [2.75, 3.05) is 5.32 Å². The molecule has 6 heteroatoms. The molecule has 1 heterocycles. The zero-order valence-electron chi connectivity index (χ0n) is 9.98. The SMILES string of the molecule is Cc1cc(C#N)nc(Nc2cc(C#N)ccc2Cl)n1. The molecule has 0 aliphatic carbocycles. The Kier molecular flexibility index (Phi) is 3.61. The normalized spacial score (nSPS) is 9.47. The van der Waals surface area contributed by atoms with Gasteiger partial charge in [-0.3, -0.25) is 0 Å². The molecule has 0 aliphatic heterocycles. The van der Waals surface area contributed by atoms with Crippen LogP contribution in [0, 0.1) is 29.6 Å². The van der Waals surface area contributed by atoms with Gasteiger partial charge in [-0.25, -0.2) is 9.97 Å². The van der Waals surface area contributed by atoms with Crippen LogP contribution in [0.5, 0.6) is 0 Å². The van der Waals surface area contributed by atoms with E-state index in [0.717, 1.165) is 0 Å². The van der Waals surface area contributed by atoms with Gasteiger partial charge in [0.1, 0.15) is 11.8 Å². The van der Waals surface area contributed by atoms with Crippen LogP contribution in [0.2, 0.25) is 5.02 Å². The average molecular weight is 270 g/mol. The first-order valence-electron chi connectivity index (χ1n) is 5.35. The van der Waals surface area contributed by atoms with E-state index in [1.54, 1.807) is 31.2 Å². The van der Waals surface area contributed by atoms with Gasteiger partial charge in [0.15, 0.2) is 0 Å². The van der Waals surface area contributed by atoms with Crippen molar-refractivity contribution in [1.29, 1.82) is 10.5 Å². The van der Waals surface area contributed by atoms with Gasteiger partial charge in [0.2, 0.25) is 5.95 Å². The predicted molar refractivity (Wildman–Crippen MR) is 70.9 cm³/mol. The molecule has 0 bridgehead atoms. The lowest BCUT2D eigenvalue weighted by molar-refractivity contribution is 1.09. The molecule has 0 saturated heterocycles. The highest BCUT2D eigenvalue weighted by atomic mass is 35.5. The third kappa shape index (κ3) is 2.98. The molecule has 0 saturated carbocycles. The Morgan fingerprint density at radius 3 is 2.63 bits per heavy atom. The number of halogens is 1. The lowest BCUT2D eigenvalue weighted by Gasteiger charge is -2.07. The fourth-order valence-electron chi connectivity index (χ4n) is 1.49. The number of aromatic nitrogens is 2. The first-order valence-corrected chi connectivity index (χ1v) is 5.72. The van der Waals surface area contributed by atoms with Crippen LogP contribution in [-0.2, 0) is 0 Å². The number of hydrogen-bond acceptors (Lipinski definition) is 5. The number of nitrogens with zero attached hydrogens (tertiary/aromatic N) is 4. The summed E-state index contributed by atoms with van der Waals surface area (Å²) >= 11 is 6.02. The van der Waals surface area contributed by atoms with E-state index in [9.17, 15) is 0 Å². The molecule has 0 amide bonds. The van der Waals surface area contributed by atoms with E-state index in [1.165, 1.54) is 0 Å². The summed E-state index contributed by atoms with van der Waals surface area (Å²) in [5.41, 5.74) is 1.93. The Morgan fingerprint density at radius 1 is 1.16 bits per heavy atom. The molecule has 0 fully saturated rings. The molecule has 0 unspecified atom stereocenters. The molecule has 0 aliphatic rings. The molecule has 19 heavy (non-hydrogen) atoms. The summed E-state index contributed by atoms with van der Waals surface area (Å²) in [5.74, 6) is 0.272. The molecule has 1 aromatic heterocycles. The molecule has 92 valence electrons. The Labute approximate surface area is 115 Å². The van der Waals surface area contributed by atoms with E-state index in [2.05, 4.69) is 15.3 Å². The van der Waals surface area contributed by atoms with Crippen molar-refractivity contribution in [3.8, 4) is 12.1 Å². The maximum absolute atomic E-state index is 8.85. The summed E-state index contributed by atoms with van der Waals surface area (Å²) < 4.78 is 0. The van der Waals surface area contributed by atoms with Crippen LogP contribution in [-0.4, -0.2) is 9.97 Å². The van der Waals surface area contributed by atoms with Crippen LogP contribution in [0.25, 0.3) is 0 Å². The number of hydrogen-bond donors (Lipinski definition) is 1. The topological polar surface area (TPSA) is 85.4 Å². The lowest BCUT2D eigenvalue weighted by Crippen LogP contribution is -2.01. The van der Waals surface area contributed by atoms with E-state index in [0.29, 0.717) is 22.0 Å². The van der Waals surface area contributed by atoms with Crippen LogP contribution < -0.4 is 5.32 Å². The second-order valence-corrected chi connectivity index (χ2v) is 4.17. The molecule has 0 radical (unpaired) electrons. The summed E-state index contributed by atoms with van der Waals surface area (Å²) in [7, 11) is 0. The minimum absolute atomic E-state index is 0.266. The summed E-state index contributed by atoms with van der Waals surface area (Å²) in [4.78, 5) is 8.18. The molecular weight excluding hydrogens is 262 g/mol. The first kappa shape index (κ1) is 12.8. The average Bonchev–Trinajstić information content (AvgIpc) is 2.40. The van der Waals surface area contributed by atoms with Gasteiger partial charge in [-0.05, 0) is 31.2 Å². The monoisotopic (exact) mass is 269 g/mol. The van der Waals surface area contributed by atoms with Gasteiger partial charge in [0, 0.05) is 5.69 Å². The molecular formula is C13H8ClN5. The van der Waals surface area contributed by atoms with Gasteiger partial charge in [0.05, 0.1) is 22.3 Å². The number of aryl methyl sites for hydroxylation is 1. The Morgan fingerprint density at radius 2 is 1.95 bits per heavy atom. The van der Waals surface area contributed by atoms with Gasteiger partial charge in [0.25, 0.3) is 0 Å². The van der Waals surface area contributed by atoms with E-state index in [-0.39, 0.29) is 11.6 Å². The molecule has 2 aromatic rings. The summed E-state index contributed by atoms with van der Waals surface area (Å²) in [6.07, 6.45) is 0. The molecule has 1 N–H and O–H groups in total. The molecule has 2 rings (SSSR count). The van der Waals surface area contributed by atoms with Crippen LogP contribution in [0.1, 0.15) is 17.0 Å². The molecule has 0 spiro atoms. The minimum atomic E-state index is 0.266. The summed E-state index contributed by atoms with van der Waals surface area (Å²) in [6.45, 7) is 1.76. The highest BCUT2D eigenvalue weighted by Gasteiger charge is 2.06. The van der Waals surface area contributed by atoms with E-state index in [4.69, 9.17) is 22.1 Å². The number of anilines is 2. The van der Waals surface area contributed by atoms with Gasteiger partial charge in [-0.15, -0.1) is 0 Å². The Bertz CT molecular complexity index is 712. The number of rotatable bonds is 2. The van der Waals surface area contributed by atoms with Crippen molar-refractivity contribution in [2.24, 2.45) is 0 Å². The number of nitriles is 2. The highest BCUT2D eigenvalue weighted by Crippen LogP contribution is 2.25. The number of nitrogens with one attached hydrogen (secondary N) is 1. The molecule has 5 nitrogen and oxygen atoms in total. The van der Waals surface area contributed by atoms with Crippen molar-refractivity contribution in [3.63, 3.8) is 0 Å². The van der Waals surface area contributed by atoms with E-state index in [1.807, 2.05) is 12.1 Å². The van der Waals surface area contributed by atoms with Gasteiger partial charge < -0.3 is 5.32 Å². The third-order valence-electron chi connectivity index (χ3n) is 2.31. The van der Waals surface area contributed by atoms with Crippen LogP contribution in [0.15, 0.2) is 24.3 Å². The van der Waals surface area contributed by atoms with Crippen molar-refractivity contribution < 1.29 is 0 Å². The van der Waals surface area contributed by atoms with Crippen molar-refractivity contribution >= 4 is 23.2 Å². The minimum Gasteiger partial charge on any atom is -0.323 e. The smallest absolute Gasteiger partial charge is 0.228 e. The second kappa shape index (κ2) is 5.34. The fourth-order valence-corrected chi connectivity index (χ4v) is 1.66. The Balaban J connectivity index is 2.39. The highest BCUT2D eigenvalue weighted by molar-refractivity contribution is 6.33. The molecule has 0 atom stereocenters. The van der Waals surface area contributed by atoms with E-state index >= 15 is 0 Å². The van der Waals surface area contributed by atoms with Crippen molar-refractivity contribution in [3.05, 3.63) is 46.2 Å². The van der Waals surface area contributed by atoms with Gasteiger partial charge in [-0.2, -0.15) is 10.5 Å². The second-order valence-electron chi connectivity index (χ2n) is 3.76. The van der Waals surface area contributed by atoms with Gasteiger partial charge >= 0.3 is 0 Å². The molecule has 1 aromatic carbocycles. The lowest BCUT2D eigenvalue weighted by atomic mass is 10.2. The maximum Gasteiger partial charge on any atom is 0.228 e. The Hall–Kier alpha value is -2.63. The summed E-state index contributed by atoms with van der Waals surface area (Å²) in [6, 6.07) is 10.4. The third-order valence-corrected chi connectivity index (χ3v) is 2.64. The van der Waals surface area contributed by atoms with Crippen molar-refractivity contribution in [1.82, 2.24) is 9.97 Å². The van der Waals surface area contributed by atoms with Crippen LogP contribution in [0.3, 0.4) is 0 Å². The number of benzene rings is 1. The van der Waals surface area contributed by atoms with Crippen LogP contribution in [0.4, 0.5) is 11.6 Å². The fraction of sp³-hybridized carbons (Fsp3) is 0.0769. The van der Waals surface area contributed by atoms with Crippen LogP contribution >= 0.6 is 11.6 Å². The van der Waals surface area contributed by atoms with Gasteiger partial charge in [-0.1, -0.05) is 11.6 Å². The van der Waals surface area contributed by atoms with Crippen molar-refractivity contribution in [2.45, 2.75) is 6.92 Å². The summed E-state index contributed by atoms with van der Waals surface area (Å²) in [5, 5.41) is 21.1. The zero-order chi connectivity index (χ0) is 13.8. The zero-order valence-corrected chi connectivity index (χ0v) is 10.7. The standard InChI is InChI=1S/C13H8ClN5/c1-8-4-10(7-16)18-13(17-8)19-12-5-9(6-15)2-3-11(12)14/h2-5H,1H3,(H,17,18,19).